The molecule has 1 unspecified atom stereocenters. The number of nitrogens with zero attached hydrogens (tertiary/aromatic N) is 2. The van der Waals surface area contributed by atoms with Gasteiger partial charge in [-0.25, -0.2) is 4.68 Å². The fraction of sp³-hybridized carbons (Fsp3) is 0.636. The first kappa shape index (κ1) is 17.4. The van der Waals surface area contributed by atoms with E-state index < -0.39 is 18.3 Å². The zero-order valence-electron chi connectivity index (χ0n) is 11.0. The molecule has 9 heteroatoms. The van der Waals surface area contributed by atoms with Crippen LogP contribution in [0.25, 0.3) is 0 Å². The van der Waals surface area contributed by atoms with E-state index in [4.69, 9.17) is 0 Å². The molecular weight excluding hydrogens is 359 g/mol. The minimum atomic E-state index is -4.48. The Labute approximate surface area is 127 Å². The van der Waals surface area contributed by atoms with Gasteiger partial charge in [-0.2, -0.15) is 30.0 Å². The van der Waals surface area contributed by atoms with E-state index in [1.54, 1.807) is 11.8 Å². The van der Waals surface area contributed by atoms with Crippen LogP contribution in [0.1, 0.15) is 13.3 Å². The maximum Gasteiger partial charge on any atom is 0.408 e. The summed E-state index contributed by atoms with van der Waals surface area (Å²) >= 11 is 4.73. The van der Waals surface area contributed by atoms with Gasteiger partial charge in [0, 0.05) is 6.04 Å². The molecule has 1 rings (SSSR count). The second-order valence-corrected chi connectivity index (χ2v) is 6.06. The second kappa shape index (κ2) is 7.35. The van der Waals surface area contributed by atoms with Gasteiger partial charge < -0.3 is 5.32 Å². The van der Waals surface area contributed by atoms with E-state index in [9.17, 15) is 18.0 Å². The second-order valence-electron chi connectivity index (χ2n) is 4.28. The molecule has 0 aliphatic carbocycles. The summed E-state index contributed by atoms with van der Waals surface area (Å²) in [6.07, 6.45) is -0.384. The van der Waals surface area contributed by atoms with Crippen molar-refractivity contribution < 1.29 is 13.2 Å². The molecule has 4 nitrogen and oxygen atoms in total. The number of nitrogens with one attached hydrogen (secondary N) is 1. The lowest BCUT2D eigenvalue weighted by Crippen LogP contribution is -2.31. The third-order valence-corrected chi connectivity index (χ3v) is 3.88. The van der Waals surface area contributed by atoms with Crippen molar-refractivity contribution in [3.8, 4) is 0 Å². The molecule has 0 radical (unpaired) electrons. The van der Waals surface area contributed by atoms with Crippen molar-refractivity contribution in [1.29, 1.82) is 0 Å². The molecule has 1 N–H and O–H groups in total. The van der Waals surface area contributed by atoms with Crippen molar-refractivity contribution in [2.75, 3.05) is 17.3 Å². The van der Waals surface area contributed by atoms with E-state index in [1.165, 1.54) is 6.20 Å². The highest BCUT2D eigenvalue weighted by molar-refractivity contribution is 9.10. The minimum Gasteiger partial charge on any atom is -0.380 e. The smallest absolute Gasteiger partial charge is 0.380 e. The van der Waals surface area contributed by atoms with Gasteiger partial charge in [0.2, 0.25) is 0 Å². The van der Waals surface area contributed by atoms with Crippen LogP contribution in [-0.4, -0.2) is 34.0 Å². The molecule has 0 aliphatic heterocycles. The van der Waals surface area contributed by atoms with Gasteiger partial charge >= 0.3 is 6.18 Å². The van der Waals surface area contributed by atoms with Gasteiger partial charge in [-0.3, -0.25) is 4.79 Å². The van der Waals surface area contributed by atoms with Crippen LogP contribution in [0.4, 0.5) is 18.9 Å². The van der Waals surface area contributed by atoms with Gasteiger partial charge in [0.25, 0.3) is 5.56 Å². The van der Waals surface area contributed by atoms with E-state index in [0.29, 0.717) is 10.4 Å². The van der Waals surface area contributed by atoms with Crippen LogP contribution < -0.4 is 10.9 Å². The van der Waals surface area contributed by atoms with Crippen molar-refractivity contribution in [1.82, 2.24) is 9.78 Å². The Balaban J connectivity index is 2.86. The highest BCUT2D eigenvalue weighted by atomic mass is 79.9. The normalized spacial score (nSPS) is 13.3. The highest BCUT2D eigenvalue weighted by Crippen LogP contribution is 2.20. The third-order valence-electron chi connectivity index (χ3n) is 2.47. The van der Waals surface area contributed by atoms with Gasteiger partial charge in [-0.1, -0.05) is 0 Å². The fourth-order valence-electron chi connectivity index (χ4n) is 1.48. The molecule has 0 bridgehead atoms. The predicted octanol–water partition coefficient (Wildman–Crippen LogP) is 3.12. The average Bonchev–Trinajstić information content (AvgIpc) is 2.34. The Kier molecular flexibility index (Phi) is 6.38. The van der Waals surface area contributed by atoms with E-state index in [2.05, 4.69) is 26.3 Å². The Hall–Kier alpha value is -0.700. The number of hydrogen-bond acceptors (Lipinski definition) is 4. The molecule has 20 heavy (non-hydrogen) atoms. The number of anilines is 1. The maximum atomic E-state index is 12.3. The van der Waals surface area contributed by atoms with Crippen LogP contribution in [0.2, 0.25) is 0 Å². The Bertz CT molecular complexity index is 507. The zero-order valence-corrected chi connectivity index (χ0v) is 13.4. The predicted molar refractivity (Wildman–Crippen MR) is 78.3 cm³/mol. The fourth-order valence-corrected chi connectivity index (χ4v) is 2.49. The zero-order chi connectivity index (χ0) is 15.3. The van der Waals surface area contributed by atoms with Crippen LogP contribution in [0.3, 0.4) is 0 Å². The van der Waals surface area contributed by atoms with Gasteiger partial charge in [0.15, 0.2) is 0 Å². The van der Waals surface area contributed by atoms with E-state index >= 15 is 0 Å². The minimum absolute atomic E-state index is 0.0627. The van der Waals surface area contributed by atoms with Crippen molar-refractivity contribution in [2.24, 2.45) is 0 Å². The monoisotopic (exact) mass is 373 g/mol. The number of alkyl halides is 3. The Morgan fingerprint density at radius 2 is 2.20 bits per heavy atom. The maximum absolute atomic E-state index is 12.3. The molecule has 0 aliphatic rings. The molecular formula is C11H15BrF3N3OS. The number of hydrogen-bond donors (Lipinski definition) is 1. The summed E-state index contributed by atoms with van der Waals surface area (Å²) in [6, 6.07) is 0.0958. The lowest BCUT2D eigenvalue weighted by atomic mass is 10.2. The topological polar surface area (TPSA) is 46.9 Å². The molecule has 1 aromatic rings. The van der Waals surface area contributed by atoms with Crippen LogP contribution in [0.15, 0.2) is 15.5 Å². The molecule has 0 fully saturated rings. The first-order chi connectivity index (χ1) is 9.24. The lowest BCUT2D eigenvalue weighted by molar-refractivity contribution is -0.143. The van der Waals surface area contributed by atoms with Crippen molar-refractivity contribution in [2.45, 2.75) is 32.1 Å². The number of aromatic nitrogens is 2. The SMILES string of the molecule is CSCCC(C)Nc1cnn(CC(F)(F)F)c(=O)c1Br. The van der Waals surface area contributed by atoms with Gasteiger partial charge in [0.1, 0.15) is 11.0 Å². The van der Waals surface area contributed by atoms with Gasteiger partial charge in [-0.15, -0.1) is 0 Å². The van der Waals surface area contributed by atoms with Crippen LogP contribution in [0.5, 0.6) is 0 Å². The molecule has 0 aromatic carbocycles. The van der Waals surface area contributed by atoms with Crippen LogP contribution in [-0.2, 0) is 6.54 Å². The Morgan fingerprint density at radius 1 is 1.55 bits per heavy atom. The molecule has 1 heterocycles. The first-order valence-corrected chi connectivity index (χ1v) is 8.01. The van der Waals surface area contributed by atoms with E-state index in [-0.39, 0.29) is 10.5 Å². The summed E-state index contributed by atoms with van der Waals surface area (Å²) in [5.41, 5.74) is -0.397. The summed E-state index contributed by atoms with van der Waals surface area (Å²) < 4.78 is 37.3. The highest BCUT2D eigenvalue weighted by Gasteiger charge is 2.29. The number of halogens is 4. The molecule has 0 spiro atoms. The number of rotatable bonds is 6. The summed E-state index contributed by atoms with van der Waals surface area (Å²) in [5, 5.41) is 6.60. The summed E-state index contributed by atoms with van der Waals surface area (Å²) in [7, 11) is 0. The molecule has 0 saturated carbocycles. The quantitative estimate of drug-likeness (QED) is 0.831. The summed E-state index contributed by atoms with van der Waals surface area (Å²) in [6.45, 7) is 0.538. The average molecular weight is 374 g/mol. The molecule has 0 amide bonds. The van der Waals surface area contributed by atoms with Crippen molar-refractivity contribution in [3.05, 3.63) is 21.0 Å². The molecule has 1 atom stereocenters. The largest absolute Gasteiger partial charge is 0.408 e. The van der Waals surface area contributed by atoms with Crippen molar-refractivity contribution in [3.63, 3.8) is 0 Å². The molecule has 1 aromatic heterocycles. The van der Waals surface area contributed by atoms with E-state index in [1.807, 2.05) is 13.2 Å². The van der Waals surface area contributed by atoms with Crippen LogP contribution in [0, 0.1) is 0 Å². The third kappa shape index (κ3) is 5.35. The lowest BCUT2D eigenvalue weighted by Gasteiger charge is -2.16. The van der Waals surface area contributed by atoms with Gasteiger partial charge in [0.05, 0.1) is 11.9 Å². The van der Waals surface area contributed by atoms with E-state index in [0.717, 1.165) is 12.2 Å². The summed E-state index contributed by atoms with van der Waals surface area (Å²) in [5.74, 6) is 0.949. The molecule has 114 valence electrons. The Morgan fingerprint density at radius 3 is 2.75 bits per heavy atom. The molecule has 0 saturated heterocycles. The van der Waals surface area contributed by atoms with Crippen molar-refractivity contribution >= 4 is 33.4 Å². The van der Waals surface area contributed by atoms with Gasteiger partial charge in [-0.05, 0) is 41.3 Å². The standard InChI is InChI=1S/C11H15BrF3N3OS/c1-7(3-4-20-2)17-8-5-16-18(6-11(13,14)15)10(19)9(8)12/h5,7,17H,3-4,6H2,1-2H3. The number of thioether (sulfide) groups is 1. The summed E-state index contributed by atoms with van der Waals surface area (Å²) in [4.78, 5) is 11.8. The van der Waals surface area contributed by atoms with Crippen LogP contribution >= 0.6 is 27.7 Å². The first-order valence-electron chi connectivity index (χ1n) is 5.82.